The van der Waals surface area contributed by atoms with E-state index >= 15 is 0 Å². The van der Waals surface area contributed by atoms with Crippen molar-refractivity contribution < 1.29 is 4.39 Å². The summed E-state index contributed by atoms with van der Waals surface area (Å²) in [7, 11) is 0. The molecule has 1 aromatic carbocycles. The van der Waals surface area contributed by atoms with Gasteiger partial charge >= 0.3 is 0 Å². The van der Waals surface area contributed by atoms with Gasteiger partial charge in [-0.25, -0.2) is 4.39 Å². The van der Waals surface area contributed by atoms with Crippen molar-refractivity contribution in [1.29, 1.82) is 0 Å². The van der Waals surface area contributed by atoms with Crippen LogP contribution in [-0.2, 0) is 6.42 Å². The molecule has 18 heavy (non-hydrogen) atoms. The monoisotopic (exact) mass is 249 g/mol. The topological polar surface area (TPSA) is 12.0 Å². The third kappa shape index (κ3) is 4.09. The van der Waals surface area contributed by atoms with Gasteiger partial charge in [-0.2, -0.15) is 0 Å². The van der Waals surface area contributed by atoms with Crippen LogP contribution in [0.5, 0.6) is 0 Å². The highest BCUT2D eigenvalue weighted by Crippen LogP contribution is 2.23. The minimum absolute atomic E-state index is 0.152. The molecule has 2 rings (SSSR count). The Labute approximate surface area is 110 Å². The summed E-state index contributed by atoms with van der Waals surface area (Å²) in [5, 5.41) is 3.71. The van der Waals surface area contributed by atoms with Gasteiger partial charge in [-0.1, -0.05) is 19.1 Å². The second-order valence-electron chi connectivity index (χ2n) is 5.86. The predicted molar refractivity (Wildman–Crippen MR) is 74.1 cm³/mol. The Morgan fingerprint density at radius 2 is 1.78 bits per heavy atom. The van der Waals surface area contributed by atoms with Gasteiger partial charge in [0.2, 0.25) is 0 Å². The summed E-state index contributed by atoms with van der Waals surface area (Å²) in [4.78, 5) is 0. The fourth-order valence-corrected chi connectivity index (χ4v) is 2.86. The molecule has 0 spiro atoms. The Morgan fingerprint density at radius 3 is 2.39 bits per heavy atom. The third-order valence-electron chi connectivity index (χ3n) is 3.99. The van der Waals surface area contributed by atoms with Crippen molar-refractivity contribution in [3.05, 3.63) is 35.6 Å². The zero-order valence-electron chi connectivity index (χ0n) is 11.5. The molecular weight excluding hydrogens is 225 g/mol. The fraction of sp³-hybridized carbons (Fsp3) is 0.625. The first kappa shape index (κ1) is 13.5. The van der Waals surface area contributed by atoms with E-state index in [4.69, 9.17) is 0 Å². The van der Waals surface area contributed by atoms with Gasteiger partial charge in [0.05, 0.1) is 0 Å². The molecule has 1 nitrogen and oxygen atoms in total. The number of rotatable bonds is 4. The molecule has 100 valence electrons. The highest BCUT2D eigenvalue weighted by atomic mass is 19.1. The molecule has 0 radical (unpaired) electrons. The summed E-state index contributed by atoms with van der Waals surface area (Å²) in [6.45, 7) is 4.57. The number of halogens is 1. The lowest BCUT2D eigenvalue weighted by molar-refractivity contribution is 0.290. The molecule has 1 fully saturated rings. The van der Waals surface area contributed by atoms with Crippen molar-refractivity contribution in [1.82, 2.24) is 5.32 Å². The Morgan fingerprint density at radius 1 is 1.17 bits per heavy atom. The molecule has 1 aromatic rings. The number of benzene rings is 1. The molecule has 1 N–H and O–H groups in total. The standard InChI is InChI=1S/C16H24FN/c1-12-3-9-16(10-4-12)18-13(2)11-14-5-7-15(17)8-6-14/h5-8,12-13,16,18H,3-4,9-11H2,1-2H3. The summed E-state index contributed by atoms with van der Waals surface area (Å²) in [5.74, 6) is 0.746. The van der Waals surface area contributed by atoms with Crippen LogP contribution in [0, 0.1) is 11.7 Å². The maximum Gasteiger partial charge on any atom is 0.123 e. The van der Waals surface area contributed by atoms with Crippen molar-refractivity contribution in [3.63, 3.8) is 0 Å². The van der Waals surface area contributed by atoms with Gasteiger partial charge in [0.1, 0.15) is 5.82 Å². The summed E-state index contributed by atoms with van der Waals surface area (Å²) in [6.07, 6.45) is 6.28. The summed E-state index contributed by atoms with van der Waals surface area (Å²) in [5.41, 5.74) is 1.21. The Kier molecular flexibility index (Phi) is 4.76. The lowest BCUT2D eigenvalue weighted by Gasteiger charge is -2.29. The van der Waals surface area contributed by atoms with Crippen LogP contribution in [0.15, 0.2) is 24.3 Å². The molecule has 0 amide bonds. The molecule has 1 unspecified atom stereocenters. The van der Waals surface area contributed by atoms with E-state index in [0.29, 0.717) is 12.1 Å². The van der Waals surface area contributed by atoms with E-state index in [2.05, 4.69) is 19.2 Å². The van der Waals surface area contributed by atoms with Crippen LogP contribution in [-0.4, -0.2) is 12.1 Å². The second-order valence-corrected chi connectivity index (χ2v) is 5.86. The average Bonchev–Trinajstić information content (AvgIpc) is 2.35. The third-order valence-corrected chi connectivity index (χ3v) is 3.99. The first-order valence-electron chi connectivity index (χ1n) is 7.14. The van der Waals surface area contributed by atoms with Gasteiger partial charge in [-0.05, 0) is 62.6 Å². The first-order valence-corrected chi connectivity index (χ1v) is 7.14. The van der Waals surface area contributed by atoms with Crippen molar-refractivity contribution in [2.45, 2.75) is 58.0 Å². The Hall–Kier alpha value is -0.890. The van der Waals surface area contributed by atoms with Gasteiger partial charge in [-0.3, -0.25) is 0 Å². The molecule has 0 aromatic heterocycles. The minimum Gasteiger partial charge on any atom is -0.311 e. The molecule has 2 heteroatoms. The van der Waals surface area contributed by atoms with E-state index in [0.717, 1.165) is 12.3 Å². The van der Waals surface area contributed by atoms with Crippen molar-refractivity contribution in [3.8, 4) is 0 Å². The van der Waals surface area contributed by atoms with Crippen LogP contribution in [0.25, 0.3) is 0 Å². The van der Waals surface area contributed by atoms with E-state index in [-0.39, 0.29) is 5.82 Å². The summed E-state index contributed by atoms with van der Waals surface area (Å²) in [6, 6.07) is 8.01. The minimum atomic E-state index is -0.152. The van der Waals surface area contributed by atoms with E-state index in [9.17, 15) is 4.39 Å². The maximum atomic E-state index is 12.8. The van der Waals surface area contributed by atoms with Gasteiger partial charge < -0.3 is 5.32 Å². The average molecular weight is 249 g/mol. The summed E-state index contributed by atoms with van der Waals surface area (Å²) >= 11 is 0. The highest BCUT2D eigenvalue weighted by molar-refractivity contribution is 5.17. The van der Waals surface area contributed by atoms with Gasteiger partial charge in [0.25, 0.3) is 0 Å². The Bertz CT molecular complexity index is 352. The lowest BCUT2D eigenvalue weighted by Crippen LogP contribution is -2.39. The molecule has 1 saturated carbocycles. The molecule has 1 aliphatic carbocycles. The number of hydrogen-bond acceptors (Lipinski definition) is 1. The van der Waals surface area contributed by atoms with Gasteiger partial charge in [-0.15, -0.1) is 0 Å². The van der Waals surface area contributed by atoms with E-state index in [1.165, 1.54) is 31.2 Å². The van der Waals surface area contributed by atoms with Gasteiger partial charge in [0, 0.05) is 12.1 Å². The number of nitrogens with one attached hydrogen (secondary N) is 1. The number of hydrogen-bond donors (Lipinski definition) is 1. The smallest absolute Gasteiger partial charge is 0.123 e. The predicted octanol–water partition coefficient (Wildman–Crippen LogP) is 3.93. The second kappa shape index (κ2) is 6.33. The van der Waals surface area contributed by atoms with Crippen LogP contribution in [0.4, 0.5) is 4.39 Å². The SMILES string of the molecule is CC1CCC(NC(C)Cc2ccc(F)cc2)CC1. The molecular formula is C16H24FN. The maximum absolute atomic E-state index is 12.8. The van der Waals surface area contributed by atoms with Crippen LogP contribution >= 0.6 is 0 Å². The quantitative estimate of drug-likeness (QED) is 0.852. The first-order chi connectivity index (χ1) is 8.63. The molecule has 1 aliphatic rings. The van der Waals surface area contributed by atoms with Gasteiger partial charge in [0.15, 0.2) is 0 Å². The van der Waals surface area contributed by atoms with Crippen molar-refractivity contribution >= 4 is 0 Å². The van der Waals surface area contributed by atoms with E-state index in [1.54, 1.807) is 12.1 Å². The van der Waals surface area contributed by atoms with Crippen LogP contribution in [0.1, 0.15) is 45.1 Å². The zero-order valence-corrected chi connectivity index (χ0v) is 11.5. The fourth-order valence-electron chi connectivity index (χ4n) is 2.86. The molecule has 0 saturated heterocycles. The Balaban J connectivity index is 1.78. The van der Waals surface area contributed by atoms with E-state index < -0.39 is 0 Å². The van der Waals surface area contributed by atoms with Crippen LogP contribution in [0.2, 0.25) is 0 Å². The van der Waals surface area contributed by atoms with Crippen molar-refractivity contribution in [2.75, 3.05) is 0 Å². The molecule has 0 bridgehead atoms. The van der Waals surface area contributed by atoms with E-state index in [1.807, 2.05) is 12.1 Å². The zero-order chi connectivity index (χ0) is 13.0. The van der Waals surface area contributed by atoms with Crippen LogP contribution in [0.3, 0.4) is 0 Å². The highest BCUT2D eigenvalue weighted by Gasteiger charge is 2.19. The summed E-state index contributed by atoms with van der Waals surface area (Å²) < 4.78 is 12.8. The molecule has 0 heterocycles. The molecule has 1 atom stereocenters. The normalized spacial score (nSPS) is 25.9. The lowest BCUT2D eigenvalue weighted by atomic mass is 9.87. The van der Waals surface area contributed by atoms with Crippen molar-refractivity contribution in [2.24, 2.45) is 5.92 Å². The molecule has 0 aliphatic heterocycles. The van der Waals surface area contributed by atoms with Crippen LogP contribution < -0.4 is 5.32 Å². The largest absolute Gasteiger partial charge is 0.311 e.